The van der Waals surface area contributed by atoms with Crippen LogP contribution in [0.1, 0.15) is 5.56 Å². The topological polar surface area (TPSA) is 51.8 Å². The van der Waals surface area contributed by atoms with Crippen molar-refractivity contribution in [2.45, 2.75) is 10.1 Å². The summed E-state index contributed by atoms with van der Waals surface area (Å²) in [5.41, 5.74) is 7.62. The quantitative estimate of drug-likeness (QED) is 0.678. The van der Waals surface area contributed by atoms with Crippen molar-refractivity contribution < 1.29 is 0 Å². The van der Waals surface area contributed by atoms with E-state index in [1.807, 2.05) is 12.1 Å². The van der Waals surface area contributed by atoms with E-state index in [9.17, 15) is 0 Å². The molecule has 2 N–H and O–H groups in total. The van der Waals surface area contributed by atoms with E-state index in [2.05, 4.69) is 9.36 Å². The van der Waals surface area contributed by atoms with Gasteiger partial charge in [0.2, 0.25) is 0 Å². The second-order valence-electron chi connectivity index (χ2n) is 2.84. The van der Waals surface area contributed by atoms with E-state index in [4.69, 9.17) is 17.3 Å². The zero-order chi connectivity index (χ0) is 10.7. The van der Waals surface area contributed by atoms with Crippen LogP contribution in [0.4, 0.5) is 5.69 Å². The monoisotopic (exact) mass is 257 g/mol. The number of nitrogen functional groups attached to an aromatic ring is 1. The Bertz CT molecular complexity index is 445. The number of rotatable bonds is 3. The standard InChI is InChI=1S/C9H8ClN3S2/c10-7-1-2-8(11)6(3-7)4-14-9-12-5-13-15-9/h1-3,5H,4,11H2. The fourth-order valence-electron chi connectivity index (χ4n) is 1.07. The van der Waals surface area contributed by atoms with Crippen LogP contribution in [-0.4, -0.2) is 9.36 Å². The smallest absolute Gasteiger partial charge is 0.170 e. The van der Waals surface area contributed by atoms with Crippen LogP contribution in [0.15, 0.2) is 28.9 Å². The molecule has 0 aliphatic rings. The molecule has 0 amide bonds. The lowest BCUT2D eigenvalue weighted by Crippen LogP contribution is -1.91. The number of nitrogens with two attached hydrogens (primary N) is 1. The molecule has 1 aromatic carbocycles. The Kier molecular flexibility index (Phi) is 3.45. The van der Waals surface area contributed by atoms with Crippen molar-refractivity contribution in [2.24, 2.45) is 0 Å². The molecule has 0 saturated heterocycles. The second kappa shape index (κ2) is 4.83. The average Bonchev–Trinajstić information content (AvgIpc) is 2.72. The average molecular weight is 258 g/mol. The minimum atomic E-state index is 0.706. The van der Waals surface area contributed by atoms with Gasteiger partial charge in [-0.15, -0.1) is 0 Å². The van der Waals surface area contributed by atoms with Crippen molar-refractivity contribution in [1.29, 1.82) is 0 Å². The number of benzene rings is 1. The summed E-state index contributed by atoms with van der Waals surface area (Å²) in [6, 6.07) is 5.49. The summed E-state index contributed by atoms with van der Waals surface area (Å²) in [7, 11) is 0. The Labute approximate surface area is 101 Å². The van der Waals surface area contributed by atoms with E-state index in [0.29, 0.717) is 5.02 Å². The predicted molar refractivity (Wildman–Crippen MR) is 65.3 cm³/mol. The van der Waals surface area contributed by atoms with Gasteiger partial charge in [-0.2, -0.15) is 4.37 Å². The third kappa shape index (κ3) is 2.84. The lowest BCUT2D eigenvalue weighted by molar-refractivity contribution is 1.21. The second-order valence-corrected chi connectivity index (χ2v) is 5.28. The highest BCUT2D eigenvalue weighted by Crippen LogP contribution is 2.27. The van der Waals surface area contributed by atoms with Gasteiger partial charge in [0.05, 0.1) is 0 Å². The van der Waals surface area contributed by atoms with Crippen LogP contribution in [0.2, 0.25) is 5.02 Å². The van der Waals surface area contributed by atoms with Gasteiger partial charge in [-0.3, -0.25) is 0 Å². The molecule has 0 unspecified atom stereocenters. The van der Waals surface area contributed by atoms with Crippen LogP contribution in [-0.2, 0) is 5.75 Å². The summed E-state index contributed by atoms with van der Waals surface area (Å²) in [6.07, 6.45) is 1.55. The van der Waals surface area contributed by atoms with Crippen LogP contribution < -0.4 is 5.73 Å². The van der Waals surface area contributed by atoms with Crippen molar-refractivity contribution in [3.63, 3.8) is 0 Å². The van der Waals surface area contributed by atoms with E-state index in [-0.39, 0.29) is 0 Å². The highest BCUT2D eigenvalue weighted by Gasteiger charge is 2.03. The maximum Gasteiger partial charge on any atom is 0.170 e. The highest BCUT2D eigenvalue weighted by molar-refractivity contribution is 8.00. The Balaban J connectivity index is 2.07. The molecule has 3 nitrogen and oxygen atoms in total. The van der Waals surface area contributed by atoms with E-state index >= 15 is 0 Å². The Morgan fingerprint density at radius 2 is 2.33 bits per heavy atom. The summed E-state index contributed by atoms with van der Waals surface area (Å²) in [5, 5.41) is 0.706. The molecule has 0 aliphatic carbocycles. The van der Waals surface area contributed by atoms with E-state index < -0.39 is 0 Å². The van der Waals surface area contributed by atoms with Gasteiger partial charge >= 0.3 is 0 Å². The van der Waals surface area contributed by atoms with E-state index in [1.54, 1.807) is 24.2 Å². The summed E-state index contributed by atoms with van der Waals surface area (Å²) in [4.78, 5) is 4.08. The molecule has 2 aromatic rings. The maximum atomic E-state index is 5.89. The fraction of sp³-hybridized carbons (Fsp3) is 0.111. The number of hydrogen-bond donors (Lipinski definition) is 1. The van der Waals surface area contributed by atoms with Crippen molar-refractivity contribution in [3.8, 4) is 0 Å². The Morgan fingerprint density at radius 3 is 3.07 bits per heavy atom. The van der Waals surface area contributed by atoms with Gasteiger partial charge in [-0.1, -0.05) is 23.4 Å². The molecule has 0 radical (unpaired) electrons. The third-order valence-electron chi connectivity index (χ3n) is 1.80. The predicted octanol–water partition coefficient (Wildman–Crippen LogP) is 3.07. The molecular formula is C9H8ClN3S2. The van der Waals surface area contributed by atoms with Crippen molar-refractivity contribution in [1.82, 2.24) is 9.36 Å². The molecule has 6 heteroatoms. The van der Waals surface area contributed by atoms with E-state index in [0.717, 1.165) is 21.3 Å². The van der Waals surface area contributed by atoms with Crippen molar-refractivity contribution in [3.05, 3.63) is 35.1 Å². The molecule has 15 heavy (non-hydrogen) atoms. The molecule has 0 saturated carbocycles. The number of halogens is 1. The molecule has 0 spiro atoms. The number of hydrogen-bond acceptors (Lipinski definition) is 5. The molecule has 78 valence electrons. The summed E-state index contributed by atoms with van der Waals surface area (Å²) in [6.45, 7) is 0. The van der Waals surface area contributed by atoms with Gasteiger partial charge in [-0.25, -0.2) is 4.98 Å². The third-order valence-corrected chi connectivity index (χ3v) is 3.88. The van der Waals surface area contributed by atoms with Gasteiger partial charge in [0.1, 0.15) is 6.33 Å². The van der Waals surface area contributed by atoms with Crippen molar-refractivity contribution >= 4 is 40.6 Å². The Hall–Kier alpha value is -0.780. The number of thioether (sulfide) groups is 1. The minimum absolute atomic E-state index is 0.706. The van der Waals surface area contributed by atoms with Gasteiger partial charge in [0.15, 0.2) is 4.34 Å². The Morgan fingerprint density at radius 1 is 1.47 bits per heavy atom. The van der Waals surface area contributed by atoms with Crippen LogP contribution in [0.5, 0.6) is 0 Å². The summed E-state index contributed by atoms with van der Waals surface area (Å²) < 4.78 is 4.87. The van der Waals surface area contributed by atoms with Crippen LogP contribution >= 0.6 is 34.9 Å². The minimum Gasteiger partial charge on any atom is -0.398 e. The molecule has 2 rings (SSSR count). The number of nitrogens with zero attached hydrogens (tertiary/aromatic N) is 2. The summed E-state index contributed by atoms with van der Waals surface area (Å²) >= 11 is 8.88. The van der Waals surface area contributed by atoms with Gasteiger partial charge in [0.25, 0.3) is 0 Å². The first-order chi connectivity index (χ1) is 7.25. The first kappa shape index (κ1) is 10.7. The zero-order valence-corrected chi connectivity index (χ0v) is 10.1. The van der Waals surface area contributed by atoms with Crippen LogP contribution in [0, 0.1) is 0 Å². The SMILES string of the molecule is Nc1ccc(Cl)cc1CSc1ncns1. The van der Waals surface area contributed by atoms with Gasteiger partial charge in [-0.05, 0) is 35.3 Å². The van der Waals surface area contributed by atoms with E-state index in [1.165, 1.54) is 11.5 Å². The number of anilines is 1. The normalized spacial score (nSPS) is 10.5. The molecule has 0 fully saturated rings. The van der Waals surface area contributed by atoms with Crippen LogP contribution in [0.25, 0.3) is 0 Å². The largest absolute Gasteiger partial charge is 0.398 e. The molecular weight excluding hydrogens is 250 g/mol. The zero-order valence-electron chi connectivity index (χ0n) is 7.68. The lowest BCUT2D eigenvalue weighted by atomic mass is 10.2. The molecule has 0 aliphatic heterocycles. The molecule has 1 heterocycles. The highest BCUT2D eigenvalue weighted by atomic mass is 35.5. The molecule has 0 bridgehead atoms. The number of aromatic nitrogens is 2. The first-order valence-corrected chi connectivity index (χ1v) is 6.33. The lowest BCUT2D eigenvalue weighted by Gasteiger charge is -2.03. The summed E-state index contributed by atoms with van der Waals surface area (Å²) in [5.74, 6) is 0.765. The fourth-order valence-corrected chi connectivity index (χ4v) is 2.71. The molecule has 0 atom stereocenters. The maximum absolute atomic E-state index is 5.89. The van der Waals surface area contributed by atoms with Crippen molar-refractivity contribution in [2.75, 3.05) is 5.73 Å². The molecule has 1 aromatic heterocycles. The van der Waals surface area contributed by atoms with Gasteiger partial charge in [0, 0.05) is 16.5 Å². The van der Waals surface area contributed by atoms with Gasteiger partial charge < -0.3 is 5.73 Å². The first-order valence-electron chi connectivity index (χ1n) is 4.19. The van der Waals surface area contributed by atoms with Crippen LogP contribution in [0.3, 0.4) is 0 Å².